The summed E-state index contributed by atoms with van der Waals surface area (Å²) in [7, 11) is 0. The van der Waals surface area contributed by atoms with Crippen LogP contribution in [0.3, 0.4) is 0 Å². The molecule has 1 unspecified atom stereocenters. The molecule has 2 amide bonds. The van der Waals surface area contributed by atoms with E-state index in [1.807, 2.05) is 18.2 Å². The first-order valence-electron chi connectivity index (χ1n) is 12.0. The van der Waals surface area contributed by atoms with Crippen LogP contribution in [0.15, 0.2) is 54.6 Å². The summed E-state index contributed by atoms with van der Waals surface area (Å²) in [4.78, 5) is 29.5. The highest BCUT2D eigenvalue weighted by molar-refractivity contribution is 5.81. The number of hydrogen-bond donors (Lipinski definition) is 2. The van der Waals surface area contributed by atoms with Gasteiger partial charge in [-0.15, -0.1) is 0 Å². The van der Waals surface area contributed by atoms with Gasteiger partial charge in [0.15, 0.2) is 0 Å². The van der Waals surface area contributed by atoms with Crippen LogP contribution in [0.5, 0.6) is 0 Å². The standard InChI is InChI=1S/C26H35FN4O3/c1-2-3-14-28-26(33)34-19-13-24(25(32)29-20-21-9-11-22(27)12-10-21)31-17-15-30(16-18-31)23-7-5-4-6-8-23/h4-12,24H,2-3,13-20H2,1H3,(H,28,33)(H,29,32). The Morgan fingerprint density at radius 3 is 2.38 bits per heavy atom. The highest BCUT2D eigenvalue weighted by Gasteiger charge is 2.29. The monoisotopic (exact) mass is 470 g/mol. The molecule has 1 heterocycles. The van der Waals surface area contributed by atoms with Gasteiger partial charge in [0, 0.05) is 51.4 Å². The summed E-state index contributed by atoms with van der Waals surface area (Å²) in [5, 5.41) is 5.69. The molecule has 0 aliphatic carbocycles. The zero-order valence-electron chi connectivity index (χ0n) is 19.8. The summed E-state index contributed by atoms with van der Waals surface area (Å²) in [6.45, 7) is 6.19. The molecule has 34 heavy (non-hydrogen) atoms. The minimum absolute atomic E-state index is 0.118. The molecule has 0 aromatic heterocycles. The quantitative estimate of drug-likeness (QED) is 0.492. The molecule has 0 bridgehead atoms. The normalized spacial score (nSPS) is 14.9. The number of anilines is 1. The Labute approximate surface area is 201 Å². The van der Waals surface area contributed by atoms with E-state index in [2.05, 4.69) is 39.5 Å². The summed E-state index contributed by atoms with van der Waals surface area (Å²) in [5.74, 6) is -0.425. The molecule has 0 radical (unpaired) electrons. The Bertz CT molecular complexity index is 887. The van der Waals surface area contributed by atoms with Crippen molar-refractivity contribution in [3.8, 4) is 0 Å². The van der Waals surface area contributed by atoms with Crippen molar-refractivity contribution in [3.63, 3.8) is 0 Å². The molecular weight excluding hydrogens is 435 g/mol. The molecule has 1 atom stereocenters. The number of rotatable bonds is 11. The molecule has 2 N–H and O–H groups in total. The number of para-hydroxylation sites is 1. The van der Waals surface area contributed by atoms with Crippen LogP contribution in [0.4, 0.5) is 14.9 Å². The number of alkyl carbamates (subject to hydrolysis) is 1. The van der Waals surface area contributed by atoms with Gasteiger partial charge in [-0.1, -0.05) is 43.7 Å². The van der Waals surface area contributed by atoms with Gasteiger partial charge in [-0.3, -0.25) is 9.69 Å². The van der Waals surface area contributed by atoms with E-state index in [9.17, 15) is 14.0 Å². The summed E-state index contributed by atoms with van der Waals surface area (Å²) in [6, 6.07) is 15.9. The Morgan fingerprint density at radius 1 is 1.00 bits per heavy atom. The number of amides is 2. The third kappa shape index (κ3) is 8.02. The van der Waals surface area contributed by atoms with Crippen LogP contribution in [0, 0.1) is 5.82 Å². The van der Waals surface area contributed by atoms with Crippen molar-refractivity contribution in [2.45, 2.75) is 38.8 Å². The van der Waals surface area contributed by atoms with Gasteiger partial charge < -0.3 is 20.3 Å². The Morgan fingerprint density at radius 2 is 1.71 bits per heavy atom. The zero-order valence-corrected chi connectivity index (χ0v) is 19.8. The first-order valence-corrected chi connectivity index (χ1v) is 12.0. The number of ether oxygens (including phenoxy) is 1. The van der Waals surface area contributed by atoms with Gasteiger partial charge in [-0.25, -0.2) is 9.18 Å². The van der Waals surface area contributed by atoms with Crippen molar-refractivity contribution >= 4 is 17.7 Å². The van der Waals surface area contributed by atoms with Crippen molar-refractivity contribution in [2.24, 2.45) is 0 Å². The van der Waals surface area contributed by atoms with Crippen molar-refractivity contribution in [3.05, 3.63) is 66.0 Å². The number of nitrogens with one attached hydrogen (secondary N) is 2. The number of piperazine rings is 1. The summed E-state index contributed by atoms with van der Waals surface area (Å²) in [5.41, 5.74) is 2.00. The van der Waals surface area contributed by atoms with Crippen LogP contribution >= 0.6 is 0 Å². The number of benzene rings is 2. The lowest BCUT2D eigenvalue weighted by Crippen LogP contribution is -2.55. The van der Waals surface area contributed by atoms with Crippen molar-refractivity contribution in [1.29, 1.82) is 0 Å². The minimum atomic E-state index is -0.451. The van der Waals surface area contributed by atoms with Gasteiger partial charge in [-0.2, -0.15) is 0 Å². The second-order valence-corrected chi connectivity index (χ2v) is 8.42. The van der Waals surface area contributed by atoms with Crippen LogP contribution < -0.4 is 15.5 Å². The molecule has 7 nitrogen and oxygen atoms in total. The highest BCUT2D eigenvalue weighted by Crippen LogP contribution is 2.18. The first kappa shape index (κ1) is 25.5. The average Bonchev–Trinajstić information content (AvgIpc) is 2.87. The number of carbonyl (C=O) groups is 2. The van der Waals surface area contributed by atoms with E-state index in [0.29, 0.717) is 19.5 Å². The van der Waals surface area contributed by atoms with Gasteiger partial charge in [-0.05, 0) is 36.2 Å². The van der Waals surface area contributed by atoms with E-state index in [-0.39, 0.29) is 18.3 Å². The predicted molar refractivity (Wildman–Crippen MR) is 131 cm³/mol. The summed E-state index contributed by atoms with van der Waals surface area (Å²) in [6.07, 6.45) is 1.84. The second-order valence-electron chi connectivity index (χ2n) is 8.42. The van der Waals surface area contributed by atoms with Crippen LogP contribution in [-0.4, -0.2) is 62.3 Å². The summed E-state index contributed by atoms with van der Waals surface area (Å²) < 4.78 is 18.5. The number of nitrogens with zero attached hydrogens (tertiary/aromatic N) is 2. The maximum atomic E-state index is 13.2. The molecule has 1 saturated heterocycles. The van der Waals surface area contributed by atoms with Crippen molar-refractivity contribution in [1.82, 2.24) is 15.5 Å². The fourth-order valence-corrected chi connectivity index (χ4v) is 4.00. The van der Waals surface area contributed by atoms with E-state index in [0.717, 1.165) is 44.6 Å². The molecule has 184 valence electrons. The lowest BCUT2D eigenvalue weighted by molar-refractivity contribution is -0.127. The number of hydrogen-bond acceptors (Lipinski definition) is 5. The molecule has 0 saturated carbocycles. The van der Waals surface area contributed by atoms with E-state index < -0.39 is 12.1 Å². The lowest BCUT2D eigenvalue weighted by Gasteiger charge is -2.39. The molecule has 2 aromatic carbocycles. The Kier molecular flexibility index (Phi) is 10.2. The summed E-state index contributed by atoms with van der Waals surface area (Å²) >= 11 is 0. The van der Waals surface area contributed by atoms with Crippen LogP contribution in [0.2, 0.25) is 0 Å². The zero-order chi connectivity index (χ0) is 24.2. The fraction of sp³-hybridized carbons (Fsp3) is 0.462. The molecule has 1 aliphatic rings. The molecule has 3 rings (SSSR count). The number of carbonyl (C=O) groups excluding carboxylic acids is 2. The maximum absolute atomic E-state index is 13.2. The van der Waals surface area contributed by atoms with E-state index in [1.54, 1.807) is 12.1 Å². The maximum Gasteiger partial charge on any atom is 0.407 e. The van der Waals surface area contributed by atoms with Crippen LogP contribution in [-0.2, 0) is 16.1 Å². The molecule has 0 spiro atoms. The molecular formula is C26H35FN4O3. The average molecular weight is 471 g/mol. The van der Waals surface area contributed by atoms with Crippen molar-refractivity contribution < 1.29 is 18.7 Å². The second kappa shape index (κ2) is 13.5. The van der Waals surface area contributed by atoms with E-state index in [4.69, 9.17) is 4.74 Å². The molecule has 1 aliphatic heterocycles. The van der Waals surface area contributed by atoms with Crippen molar-refractivity contribution in [2.75, 3.05) is 44.2 Å². The smallest absolute Gasteiger partial charge is 0.407 e. The van der Waals surface area contributed by atoms with Gasteiger partial charge >= 0.3 is 6.09 Å². The molecule has 1 fully saturated rings. The van der Waals surface area contributed by atoms with Gasteiger partial charge in [0.25, 0.3) is 0 Å². The Hall–Kier alpha value is -3.13. The van der Waals surface area contributed by atoms with Crippen LogP contribution in [0.1, 0.15) is 31.7 Å². The third-order valence-electron chi connectivity index (χ3n) is 5.98. The van der Waals surface area contributed by atoms with E-state index >= 15 is 0 Å². The van der Waals surface area contributed by atoms with Gasteiger partial charge in [0.2, 0.25) is 5.91 Å². The predicted octanol–water partition coefficient (Wildman–Crippen LogP) is 3.55. The Balaban J connectivity index is 1.56. The fourth-order valence-electron chi connectivity index (χ4n) is 4.00. The number of halogens is 1. The van der Waals surface area contributed by atoms with Gasteiger partial charge in [0.1, 0.15) is 5.82 Å². The molecule has 8 heteroatoms. The SMILES string of the molecule is CCCCNC(=O)OCCC(C(=O)NCc1ccc(F)cc1)N1CCN(c2ccccc2)CC1. The lowest BCUT2D eigenvalue weighted by atomic mass is 10.1. The number of unbranched alkanes of at least 4 members (excludes halogenated alkanes) is 1. The first-order chi connectivity index (χ1) is 16.6. The van der Waals surface area contributed by atoms with Crippen LogP contribution in [0.25, 0.3) is 0 Å². The van der Waals surface area contributed by atoms with Gasteiger partial charge in [0.05, 0.1) is 12.6 Å². The molecule has 2 aromatic rings. The topological polar surface area (TPSA) is 73.9 Å². The van der Waals surface area contributed by atoms with E-state index in [1.165, 1.54) is 17.8 Å². The largest absolute Gasteiger partial charge is 0.449 e. The third-order valence-corrected chi connectivity index (χ3v) is 5.98. The minimum Gasteiger partial charge on any atom is -0.449 e. The highest BCUT2D eigenvalue weighted by atomic mass is 19.1.